The second kappa shape index (κ2) is 5.14. The van der Waals surface area contributed by atoms with Crippen molar-refractivity contribution in [3.8, 4) is 0 Å². The van der Waals surface area contributed by atoms with E-state index in [1.165, 1.54) is 0 Å². The zero-order chi connectivity index (χ0) is 13.3. The minimum Gasteiger partial charge on any atom is -0.389 e. The highest BCUT2D eigenvalue weighted by Gasteiger charge is 2.28. The molecule has 3 N–H and O–H groups in total. The number of hydrogen-bond acceptors (Lipinski definition) is 4. The second-order valence-electron chi connectivity index (χ2n) is 4.27. The highest BCUT2D eigenvalue weighted by molar-refractivity contribution is 9.10. The number of thiocarbonyl (C=S) groups is 1. The summed E-state index contributed by atoms with van der Waals surface area (Å²) < 4.78 is 23.6. The van der Waals surface area contributed by atoms with E-state index in [0.29, 0.717) is 6.42 Å². The molecule has 1 unspecified atom stereocenters. The van der Waals surface area contributed by atoms with Gasteiger partial charge < -0.3 is 11.1 Å². The van der Waals surface area contributed by atoms with Crippen molar-refractivity contribution in [2.24, 2.45) is 5.73 Å². The fourth-order valence-corrected chi connectivity index (χ4v) is 4.63. The van der Waals surface area contributed by atoms with Crippen molar-refractivity contribution >= 4 is 48.7 Å². The molecular formula is C11H13BrN2O2S2. The number of halogens is 1. The fraction of sp³-hybridized carbons (Fsp3) is 0.364. The largest absolute Gasteiger partial charge is 0.389 e. The monoisotopic (exact) mass is 348 g/mol. The van der Waals surface area contributed by atoms with Crippen LogP contribution in [-0.2, 0) is 9.84 Å². The number of nitrogens with one attached hydrogen (secondary N) is 1. The molecule has 1 heterocycles. The van der Waals surface area contributed by atoms with Gasteiger partial charge in [-0.2, -0.15) is 0 Å². The van der Waals surface area contributed by atoms with Crippen LogP contribution in [-0.4, -0.2) is 31.0 Å². The molecule has 2 rings (SSSR count). The van der Waals surface area contributed by atoms with E-state index in [4.69, 9.17) is 18.0 Å². The highest BCUT2D eigenvalue weighted by atomic mass is 79.9. The van der Waals surface area contributed by atoms with Crippen molar-refractivity contribution in [3.63, 3.8) is 0 Å². The summed E-state index contributed by atoms with van der Waals surface area (Å²) in [7, 11) is -2.90. The van der Waals surface area contributed by atoms with E-state index in [2.05, 4.69) is 21.2 Å². The van der Waals surface area contributed by atoms with Crippen LogP contribution in [0.1, 0.15) is 12.0 Å². The van der Waals surface area contributed by atoms with Crippen LogP contribution in [0.2, 0.25) is 0 Å². The van der Waals surface area contributed by atoms with Crippen LogP contribution < -0.4 is 11.1 Å². The summed E-state index contributed by atoms with van der Waals surface area (Å²) in [5, 5.41) is 3.21. The highest BCUT2D eigenvalue weighted by Crippen LogP contribution is 2.27. The van der Waals surface area contributed by atoms with Gasteiger partial charge in [-0.15, -0.1) is 0 Å². The Kier molecular flexibility index (Phi) is 3.93. The van der Waals surface area contributed by atoms with E-state index in [1.807, 2.05) is 18.2 Å². The van der Waals surface area contributed by atoms with Crippen LogP contribution in [0.25, 0.3) is 0 Å². The summed E-state index contributed by atoms with van der Waals surface area (Å²) >= 11 is 8.41. The lowest BCUT2D eigenvalue weighted by atomic mass is 10.1. The Morgan fingerprint density at radius 3 is 2.78 bits per heavy atom. The van der Waals surface area contributed by atoms with Crippen molar-refractivity contribution in [2.75, 3.05) is 16.8 Å². The molecule has 1 aromatic rings. The van der Waals surface area contributed by atoms with Crippen LogP contribution >= 0.6 is 28.1 Å². The first-order chi connectivity index (χ1) is 8.39. The molecule has 0 spiro atoms. The zero-order valence-corrected chi connectivity index (χ0v) is 12.7. The number of rotatable bonds is 3. The lowest BCUT2D eigenvalue weighted by Gasteiger charge is -2.16. The van der Waals surface area contributed by atoms with E-state index in [-0.39, 0.29) is 22.5 Å². The second-order valence-corrected chi connectivity index (χ2v) is 7.79. The van der Waals surface area contributed by atoms with Crippen LogP contribution in [0, 0.1) is 0 Å². The molecule has 1 aromatic carbocycles. The summed E-state index contributed by atoms with van der Waals surface area (Å²) in [6.45, 7) is 0. The van der Waals surface area contributed by atoms with Gasteiger partial charge in [0.2, 0.25) is 0 Å². The van der Waals surface area contributed by atoms with Crippen LogP contribution in [0.5, 0.6) is 0 Å². The van der Waals surface area contributed by atoms with Gasteiger partial charge in [-0.25, -0.2) is 8.42 Å². The van der Waals surface area contributed by atoms with Crippen molar-refractivity contribution in [2.45, 2.75) is 12.5 Å². The number of benzene rings is 1. The first-order valence-electron chi connectivity index (χ1n) is 5.44. The third kappa shape index (κ3) is 3.02. The van der Waals surface area contributed by atoms with Gasteiger partial charge in [0.25, 0.3) is 0 Å². The number of sulfone groups is 1. The lowest BCUT2D eigenvalue weighted by Crippen LogP contribution is -2.23. The predicted octanol–water partition coefficient (Wildman–Crippen LogP) is 1.68. The van der Waals surface area contributed by atoms with E-state index in [0.717, 1.165) is 15.7 Å². The molecule has 0 bridgehead atoms. The molecule has 1 fully saturated rings. The fourth-order valence-electron chi connectivity index (χ4n) is 2.02. The van der Waals surface area contributed by atoms with Crippen LogP contribution in [0.3, 0.4) is 0 Å². The summed E-state index contributed by atoms with van der Waals surface area (Å²) in [4.78, 5) is 0.283. The molecule has 1 atom stereocenters. The molecule has 4 nitrogen and oxygen atoms in total. The van der Waals surface area contributed by atoms with Crippen molar-refractivity contribution in [1.82, 2.24) is 0 Å². The SMILES string of the molecule is NC(=S)c1c(Br)cccc1NC1CCS(=O)(=O)C1. The molecule has 0 aromatic heterocycles. The van der Waals surface area contributed by atoms with Crippen LogP contribution in [0.15, 0.2) is 22.7 Å². The number of hydrogen-bond donors (Lipinski definition) is 2. The lowest BCUT2D eigenvalue weighted by molar-refractivity contribution is 0.602. The summed E-state index contributed by atoms with van der Waals surface area (Å²) in [6.07, 6.45) is 0.617. The van der Waals surface area contributed by atoms with Gasteiger partial charge in [-0.3, -0.25) is 0 Å². The Hall–Kier alpha value is -0.660. The summed E-state index contributed by atoms with van der Waals surface area (Å²) in [5.74, 6) is 0.400. The van der Waals surface area contributed by atoms with Crippen molar-refractivity contribution in [3.05, 3.63) is 28.2 Å². The quantitative estimate of drug-likeness (QED) is 0.813. The molecule has 1 aliphatic rings. The number of nitrogens with two attached hydrogens (primary N) is 1. The number of anilines is 1. The average molecular weight is 349 g/mol. The Morgan fingerprint density at radius 1 is 1.50 bits per heavy atom. The van der Waals surface area contributed by atoms with Crippen molar-refractivity contribution < 1.29 is 8.42 Å². The van der Waals surface area contributed by atoms with Gasteiger partial charge in [0, 0.05) is 21.8 Å². The molecule has 0 aliphatic carbocycles. The summed E-state index contributed by atoms with van der Waals surface area (Å²) in [6, 6.07) is 5.49. The first kappa shape index (κ1) is 13.8. The van der Waals surface area contributed by atoms with Gasteiger partial charge in [0.15, 0.2) is 9.84 Å². The maximum absolute atomic E-state index is 11.4. The Bertz CT molecular complexity index is 587. The standard InChI is InChI=1S/C11H13BrN2O2S2/c12-8-2-1-3-9(10(8)11(13)17)14-7-4-5-18(15,16)6-7/h1-3,7,14H,4-6H2,(H2,13,17). The molecule has 0 amide bonds. The Labute approximate surface area is 120 Å². The van der Waals surface area contributed by atoms with E-state index < -0.39 is 9.84 Å². The molecule has 0 radical (unpaired) electrons. The van der Waals surface area contributed by atoms with E-state index >= 15 is 0 Å². The molecule has 98 valence electrons. The molecule has 1 saturated heterocycles. The molecule has 0 saturated carbocycles. The third-order valence-corrected chi connectivity index (χ3v) is 5.48. The van der Waals surface area contributed by atoms with Crippen molar-refractivity contribution in [1.29, 1.82) is 0 Å². The van der Waals surface area contributed by atoms with Crippen LogP contribution in [0.4, 0.5) is 5.69 Å². The summed E-state index contributed by atoms with van der Waals surface area (Å²) in [5.41, 5.74) is 7.18. The smallest absolute Gasteiger partial charge is 0.152 e. The first-order valence-corrected chi connectivity index (χ1v) is 8.46. The predicted molar refractivity (Wildman–Crippen MR) is 80.7 cm³/mol. The van der Waals surface area contributed by atoms with E-state index in [9.17, 15) is 8.42 Å². The Morgan fingerprint density at radius 2 is 2.22 bits per heavy atom. The van der Waals surface area contributed by atoms with Gasteiger partial charge >= 0.3 is 0 Å². The molecule has 18 heavy (non-hydrogen) atoms. The average Bonchev–Trinajstić information content (AvgIpc) is 2.57. The maximum atomic E-state index is 11.4. The third-order valence-electron chi connectivity index (χ3n) is 2.85. The topological polar surface area (TPSA) is 72.2 Å². The molecular weight excluding hydrogens is 336 g/mol. The molecule has 1 aliphatic heterocycles. The minimum atomic E-state index is -2.90. The van der Waals surface area contributed by atoms with E-state index in [1.54, 1.807) is 0 Å². The van der Waals surface area contributed by atoms with Gasteiger partial charge in [0.05, 0.1) is 11.5 Å². The van der Waals surface area contributed by atoms with Gasteiger partial charge in [-0.1, -0.05) is 18.3 Å². The minimum absolute atomic E-state index is 0.0719. The van der Waals surface area contributed by atoms with Gasteiger partial charge in [-0.05, 0) is 34.5 Å². The Balaban J connectivity index is 2.25. The molecule has 7 heteroatoms. The zero-order valence-electron chi connectivity index (χ0n) is 9.52. The van der Waals surface area contributed by atoms with Gasteiger partial charge in [0.1, 0.15) is 4.99 Å². The normalized spacial score (nSPS) is 21.7. The maximum Gasteiger partial charge on any atom is 0.152 e.